The average molecular weight is 379 g/mol. The predicted octanol–water partition coefficient (Wildman–Crippen LogP) is 3.99. The average Bonchev–Trinajstić information content (AvgIpc) is 3.13. The van der Waals surface area contributed by atoms with Crippen LogP contribution in [0.4, 0.5) is 0 Å². The van der Waals surface area contributed by atoms with Crippen LogP contribution in [0.1, 0.15) is 66.8 Å². The SMILES string of the molecule is CC(C)Cc1cn(CC(C)C)nn1.CC(C)Cn1cc(COC(C)C)nn1. The number of nitrogens with zero attached hydrogens (tertiary/aromatic N) is 6. The van der Waals surface area contributed by atoms with Gasteiger partial charge in [0.15, 0.2) is 0 Å². The lowest BCUT2D eigenvalue weighted by Gasteiger charge is -2.04. The molecule has 0 atom stereocenters. The molecule has 0 amide bonds. The molecule has 0 bridgehead atoms. The van der Waals surface area contributed by atoms with Gasteiger partial charge in [0, 0.05) is 19.3 Å². The summed E-state index contributed by atoms with van der Waals surface area (Å²) in [6.45, 7) is 19.5. The molecule has 0 aromatic carbocycles. The highest BCUT2D eigenvalue weighted by atomic mass is 16.5. The molecule has 0 aliphatic rings. The van der Waals surface area contributed by atoms with Gasteiger partial charge < -0.3 is 4.74 Å². The van der Waals surface area contributed by atoms with Gasteiger partial charge in [-0.1, -0.05) is 52.0 Å². The normalized spacial score (nSPS) is 11.6. The molecule has 7 nitrogen and oxygen atoms in total. The third kappa shape index (κ3) is 10.9. The molecule has 27 heavy (non-hydrogen) atoms. The van der Waals surface area contributed by atoms with Gasteiger partial charge in [0.1, 0.15) is 5.69 Å². The largest absolute Gasteiger partial charge is 0.372 e. The van der Waals surface area contributed by atoms with Gasteiger partial charge >= 0.3 is 0 Å². The zero-order chi connectivity index (χ0) is 20.4. The van der Waals surface area contributed by atoms with Gasteiger partial charge in [-0.25, -0.2) is 0 Å². The second-order valence-electron chi connectivity index (χ2n) is 8.61. The van der Waals surface area contributed by atoms with Crippen LogP contribution in [0.25, 0.3) is 0 Å². The van der Waals surface area contributed by atoms with Crippen molar-refractivity contribution in [2.24, 2.45) is 17.8 Å². The Balaban J connectivity index is 0.000000271. The van der Waals surface area contributed by atoms with Gasteiger partial charge in [-0.05, 0) is 38.0 Å². The van der Waals surface area contributed by atoms with Crippen LogP contribution in [0, 0.1) is 17.8 Å². The topological polar surface area (TPSA) is 70.7 Å². The molecule has 154 valence electrons. The molecule has 0 unspecified atom stereocenters. The molecule has 0 saturated heterocycles. The maximum Gasteiger partial charge on any atom is 0.108 e. The fraction of sp³-hybridized carbons (Fsp3) is 0.800. The van der Waals surface area contributed by atoms with Crippen molar-refractivity contribution in [1.29, 1.82) is 0 Å². The van der Waals surface area contributed by atoms with Crippen molar-refractivity contribution in [2.45, 2.75) is 87.6 Å². The quantitative estimate of drug-likeness (QED) is 0.660. The minimum absolute atomic E-state index is 0.241. The summed E-state index contributed by atoms with van der Waals surface area (Å²) in [4.78, 5) is 0. The fourth-order valence-electron chi connectivity index (χ4n) is 2.43. The molecular weight excluding hydrogens is 340 g/mol. The summed E-state index contributed by atoms with van der Waals surface area (Å²) >= 11 is 0. The highest BCUT2D eigenvalue weighted by Gasteiger charge is 2.04. The van der Waals surface area contributed by atoms with Gasteiger partial charge in [0.25, 0.3) is 0 Å². The van der Waals surface area contributed by atoms with E-state index in [0.717, 1.165) is 30.9 Å². The maximum absolute atomic E-state index is 5.43. The Labute approximate surface area is 164 Å². The van der Waals surface area contributed by atoms with E-state index in [1.54, 1.807) is 0 Å². The summed E-state index contributed by atoms with van der Waals surface area (Å²) < 4.78 is 9.23. The number of hydrogen-bond acceptors (Lipinski definition) is 5. The summed E-state index contributed by atoms with van der Waals surface area (Å²) in [6, 6.07) is 0. The van der Waals surface area contributed by atoms with Crippen molar-refractivity contribution in [3.05, 3.63) is 23.8 Å². The van der Waals surface area contributed by atoms with Gasteiger partial charge in [-0.2, -0.15) is 0 Å². The lowest BCUT2D eigenvalue weighted by atomic mass is 10.1. The summed E-state index contributed by atoms with van der Waals surface area (Å²) in [5, 5.41) is 16.2. The molecule has 0 N–H and O–H groups in total. The highest BCUT2D eigenvalue weighted by Crippen LogP contribution is 2.05. The van der Waals surface area contributed by atoms with Crippen LogP contribution in [-0.2, 0) is 30.9 Å². The van der Waals surface area contributed by atoms with Gasteiger partial charge in [-0.15, -0.1) is 10.2 Å². The molecule has 2 rings (SSSR count). The Morgan fingerprint density at radius 3 is 1.67 bits per heavy atom. The van der Waals surface area contributed by atoms with Crippen molar-refractivity contribution in [3.63, 3.8) is 0 Å². The van der Waals surface area contributed by atoms with E-state index in [9.17, 15) is 0 Å². The van der Waals surface area contributed by atoms with Crippen LogP contribution in [0.3, 0.4) is 0 Å². The van der Waals surface area contributed by atoms with Crippen molar-refractivity contribution in [3.8, 4) is 0 Å². The first-order chi connectivity index (χ1) is 12.7. The maximum atomic E-state index is 5.43. The molecule has 0 aliphatic heterocycles. The highest BCUT2D eigenvalue weighted by molar-refractivity contribution is 4.93. The van der Waals surface area contributed by atoms with Crippen LogP contribution in [-0.4, -0.2) is 36.1 Å². The molecule has 2 heterocycles. The molecule has 0 aliphatic carbocycles. The second-order valence-corrected chi connectivity index (χ2v) is 8.61. The summed E-state index contributed by atoms with van der Waals surface area (Å²) in [5.41, 5.74) is 2.01. The van der Waals surface area contributed by atoms with E-state index in [1.807, 2.05) is 29.4 Å². The summed E-state index contributed by atoms with van der Waals surface area (Å²) in [5.74, 6) is 1.88. The van der Waals surface area contributed by atoms with Crippen LogP contribution in [0.15, 0.2) is 12.4 Å². The third-order valence-corrected chi connectivity index (χ3v) is 3.46. The first kappa shape index (κ1) is 23.3. The number of ether oxygens (including phenoxy) is 1. The Morgan fingerprint density at radius 2 is 1.22 bits per heavy atom. The van der Waals surface area contributed by atoms with Gasteiger partial charge in [0.2, 0.25) is 0 Å². The van der Waals surface area contributed by atoms with E-state index in [4.69, 9.17) is 4.74 Å². The molecule has 2 aromatic heterocycles. The van der Waals surface area contributed by atoms with Crippen LogP contribution < -0.4 is 0 Å². The monoisotopic (exact) mass is 378 g/mol. The first-order valence-electron chi connectivity index (χ1n) is 10.0. The van der Waals surface area contributed by atoms with Crippen molar-refractivity contribution < 1.29 is 4.74 Å². The van der Waals surface area contributed by atoms with Gasteiger partial charge in [-0.3, -0.25) is 9.36 Å². The smallest absolute Gasteiger partial charge is 0.108 e. The first-order valence-corrected chi connectivity index (χ1v) is 10.0. The van der Waals surface area contributed by atoms with Crippen LogP contribution in [0.5, 0.6) is 0 Å². The molecule has 2 aromatic rings. The minimum Gasteiger partial charge on any atom is -0.372 e. The number of hydrogen-bond donors (Lipinski definition) is 0. The number of aromatic nitrogens is 6. The second kappa shape index (κ2) is 11.8. The molecule has 0 spiro atoms. The molecule has 0 fully saturated rings. The Bertz CT molecular complexity index is 605. The zero-order valence-corrected chi connectivity index (χ0v) is 18.4. The van der Waals surface area contributed by atoms with Crippen molar-refractivity contribution in [2.75, 3.05) is 0 Å². The Morgan fingerprint density at radius 1 is 0.741 bits per heavy atom. The lowest BCUT2D eigenvalue weighted by molar-refractivity contribution is 0.0635. The molecule has 0 radical (unpaired) electrons. The zero-order valence-electron chi connectivity index (χ0n) is 18.4. The molecule has 0 saturated carbocycles. The van der Waals surface area contributed by atoms with E-state index < -0.39 is 0 Å². The van der Waals surface area contributed by atoms with Crippen LogP contribution >= 0.6 is 0 Å². The molecule has 7 heteroatoms. The lowest BCUT2D eigenvalue weighted by Crippen LogP contribution is -2.04. The fourth-order valence-corrected chi connectivity index (χ4v) is 2.43. The third-order valence-electron chi connectivity index (χ3n) is 3.46. The van der Waals surface area contributed by atoms with E-state index in [1.165, 1.54) is 0 Å². The van der Waals surface area contributed by atoms with Crippen molar-refractivity contribution >= 4 is 0 Å². The summed E-state index contributed by atoms with van der Waals surface area (Å²) in [6.07, 6.45) is 5.27. The Kier molecular flexibility index (Phi) is 10.2. The standard InChI is InChI=1S/C10H19N3O.C10H19N3/c1-8(2)5-13-6-10(11-12-13)7-14-9(3)4;1-8(2)5-10-7-13(12-11-10)6-9(3)4/h6,8-9H,5,7H2,1-4H3;7-9H,5-6H2,1-4H3. The van der Waals surface area contributed by atoms with Gasteiger partial charge in [0.05, 0.1) is 24.6 Å². The number of rotatable bonds is 9. The summed E-state index contributed by atoms with van der Waals surface area (Å²) in [7, 11) is 0. The minimum atomic E-state index is 0.241. The Hall–Kier alpha value is -1.76. The van der Waals surface area contributed by atoms with E-state index in [-0.39, 0.29) is 6.10 Å². The van der Waals surface area contributed by atoms with Crippen LogP contribution in [0.2, 0.25) is 0 Å². The van der Waals surface area contributed by atoms with E-state index in [2.05, 4.69) is 68.4 Å². The van der Waals surface area contributed by atoms with E-state index >= 15 is 0 Å². The van der Waals surface area contributed by atoms with E-state index in [0.29, 0.717) is 24.4 Å². The molecular formula is C20H38N6O. The van der Waals surface area contributed by atoms with Crippen molar-refractivity contribution in [1.82, 2.24) is 30.0 Å². The predicted molar refractivity (Wildman–Crippen MR) is 108 cm³/mol.